The van der Waals surface area contributed by atoms with Crippen molar-refractivity contribution in [1.29, 1.82) is 0 Å². The lowest BCUT2D eigenvalue weighted by molar-refractivity contribution is 1.10. The van der Waals surface area contributed by atoms with E-state index in [1.54, 1.807) is 29.4 Å². The topological polar surface area (TPSA) is 38.7 Å². The van der Waals surface area contributed by atoms with Gasteiger partial charge in [0, 0.05) is 11.9 Å². The number of aromatic nitrogens is 3. The van der Waals surface area contributed by atoms with Gasteiger partial charge in [0.25, 0.3) is 0 Å². The highest BCUT2D eigenvalue weighted by Gasteiger charge is 2.05. The highest BCUT2D eigenvalue weighted by Crippen LogP contribution is 2.30. The van der Waals surface area contributed by atoms with E-state index in [0.717, 1.165) is 26.7 Å². The molecule has 5 heteroatoms. The highest BCUT2D eigenvalue weighted by atomic mass is 32.2. The summed E-state index contributed by atoms with van der Waals surface area (Å²) >= 11 is 3.39. The average Bonchev–Trinajstić information content (AvgIpc) is 2.86. The number of nitrogens with zero attached hydrogens (tertiary/aromatic N) is 3. The molecule has 0 saturated heterocycles. The van der Waals surface area contributed by atoms with E-state index in [1.807, 2.05) is 35.8 Å². The molecule has 0 unspecified atom stereocenters. The molecule has 0 bridgehead atoms. The zero-order valence-electron chi connectivity index (χ0n) is 8.91. The van der Waals surface area contributed by atoms with Gasteiger partial charge in [-0.2, -0.15) is 0 Å². The van der Waals surface area contributed by atoms with Crippen LogP contribution in [-0.4, -0.2) is 15.0 Å². The third-order valence-electron chi connectivity index (χ3n) is 2.29. The van der Waals surface area contributed by atoms with Crippen LogP contribution in [0.5, 0.6) is 0 Å². The Morgan fingerprint density at radius 1 is 1.12 bits per heavy atom. The number of hydrogen-bond donors (Lipinski definition) is 0. The summed E-state index contributed by atoms with van der Waals surface area (Å²) in [6, 6.07) is 7.98. The van der Waals surface area contributed by atoms with Crippen LogP contribution in [0, 0.1) is 0 Å². The number of fused-ring (bicyclic) bond motifs is 1. The van der Waals surface area contributed by atoms with Crippen molar-refractivity contribution >= 4 is 33.3 Å². The Bertz CT molecular complexity index is 622. The van der Waals surface area contributed by atoms with E-state index < -0.39 is 0 Å². The molecule has 17 heavy (non-hydrogen) atoms. The van der Waals surface area contributed by atoms with Gasteiger partial charge in [-0.3, -0.25) is 4.98 Å². The minimum absolute atomic E-state index is 0.838. The van der Waals surface area contributed by atoms with Crippen molar-refractivity contribution < 1.29 is 0 Å². The Kier molecular flexibility index (Phi) is 3.02. The molecule has 0 amide bonds. The van der Waals surface area contributed by atoms with Crippen molar-refractivity contribution in [2.45, 2.75) is 10.8 Å². The summed E-state index contributed by atoms with van der Waals surface area (Å²) in [6.45, 7) is 0. The fourth-order valence-electron chi connectivity index (χ4n) is 1.49. The first-order chi connectivity index (χ1) is 8.43. The number of thiophene rings is 1. The predicted molar refractivity (Wildman–Crippen MR) is 71.2 cm³/mol. The van der Waals surface area contributed by atoms with E-state index in [0.29, 0.717) is 0 Å². The van der Waals surface area contributed by atoms with E-state index in [4.69, 9.17) is 0 Å². The third kappa shape index (κ3) is 2.30. The largest absolute Gasteiger partial charge is 0.260 e. The van der Waals surface area contributed by atoms with Gasteiger partial charge >= 0.3 is 0 Å². The molecule has 3 aromatic heterocycles. The molecule has 3 nitrogen and oxygen atoms in total. The third-order valence-corrected chi connectivity index (χ3v) is 4.36. The van der Waals surface area contributed by atoms with E-state index in [2.05, 4.69) is 15.0 Å². The van der Waals surface area contributed by atoms with Crippen LogP contribution >= 0.6 is 23.1 Å². The second-order valence-corrected chi connectivity index (χ2v) is 5.30. The minimum Gasteiger partial charge on any atom is -0.260 e. The van der Waals surface area contributed by atoms with Crippen LogP contribution in [-0.2, 0) is 5.75 Å². The van der Waals surface area contributed by atoms with Crippen LogP contribution in [0.15, 0.2) is 47.2 Å². The Morgan fingerprint density at radius 3 is 3.00 bits per heavy atom. The summed E-state index contributed by atoms with van der Waals surface area (Å²) in [5.41, 5.74) is 2.09. The molecule has 3 aromatic rings. The van der Waals surface area contributed by atoms with Gasteiger partial charge in [-0.1, -0.05) is 17.8 Å². The van der Waals surface area contributed by atoms with E-state index >= 15 is 0 Å². The number of rotatable bonds is 3. The van der Waals surface area contributed by atoms with Gasteiger partial charge in [0.2, 0.25) is 0 Å². The van der Waals surface area contributed by atoms with Crippen LogP contribution in [0.1, 0.15) is 5.69 Å². The molecule has 0 fully saturated rings. The smallest absolute Gasteiger partial charge is 0.118 e. The predicted octanol–water partition coefficient (Wildman–Crippen LogP) is 3.38. The number of pyridine rings is 1. The lowest BCUT2D eigenvalue weighted by Gasteiger charge is -2.01. The lowest BCUT2D eigenvalue weighted by atomic mass is 10.4. The Hall–Kier alpha value is -1.46. The SMILES string of the molecule is c1ccc(CSc2ncnc3ccsc23)nc1. The number of thioether (sulfide) groups is 1. The van der Waals surface area contributed by atoms with Gasteiger partial charge in [0.1, 0.15) is 11.4 Å². The van der Waals surface area contributed by atoms with Crippen LogP contribution in [0.4, 0.5) is 0 Å². The first-order valence-corrected chi connectivity index (χ1v) is 7.01. The van der Waals surface area contributed by atoms with Crippen molar-refractivity contribution in [2.24, 2.45) is 0 Å². The molecule has 0 aromatic carbocycles. The van der Waals surface area contributed by atoms with E-state index in [-0.39, 0.29) is 0 Å². The summed E-state index contributed by atoms with van der Waals surface area (Å²) in [6.07, 6.45) is 3.44. The average molecular weight is 259 g/mol. The van der Waals surface area contributed by atoms with Gasteiger partial charge in [-0.15, -0.1) is 11.3 Å². The van der Waals surface area contributed by atoms with Gasteiger partial charge in [0.05, 0.1) is 15.9 Å². The highest BCUT2D eigenvalue weighted by molar-refractivity contribution is 7.98. The normalized spacial score (nSPS) is 10.8. The lowest BCUT2D eigenvalue weighted by Crippen LogP contribution is -1.87. The second kappa shape index (κ2) is 4.81. The molecule has 84 valence electrons. The minimum atomic E-state index is 0.838. The fourth-order valence-corrected chi connectivity index (χ4v) is 3.36. The van der Waals surface area contributed by atoms with Gasteiger partial charge in [-0.05, 0) is 23.6 Å². The molecule has 3 rings (SSSR count). The summed E-state index contributed by atoms with van der Waals surface area (Å²) in [5, 5.41) is 3.08. The van der Waals surface area contributed by atoms with Gasteiger partial charge in [0.15, 0.2) is 0 Å². The van der Waals surface area contributed by atoms with E-state index in [1.165, 1.54) is 0 Å². The molecular weight excluding hydrogens is 250 g/mol. The van der Waals surface area contributed by atoms with Crippen LogP contribution in [0.3, 0.4) is 0 Å². The molecule has 0 aliphatic rings. The fraction of sp³-hybridized carbons (Fsp3) is 0.0833. The zero-order valence-corrected chi connectivity index (χ0v) is 10.5. The van der Waals surface area contributed by atoms with Crippen molar-refractivity contribution in [3.63, 3.8) is 0 Å². The first kappa shape index (κ1) is 10.7. The second-order valence-electron chi connectivity index (χ2n) is 3.42. The van der Waals surface area contributed by atoms with Crippen molar-refractivity contribution in [1.82, 2.24) is 15.0 Å². The Morgan fingerprint density at radius 2 is 2.12 bits per heavy atom. The maximum Gasteiger partial charge on any atom is 0.118 e. The molecule has 3 heterocycles. The number of hydrogen-bond acceptors (Lipinski definition) is 5. The first-order valence-electron chi connectivity index (χ1n) is 5.14. The molecule has 0 N–H and O–H groups in total. The van der Waals surface area contributed by atoms with Crippen molar-refractivity contribution in [2.75, 3.05) is 0 Å². The molecule has 0 atom stereocenters. The summed E-state index contributed by atoms with van der Waals surface area (Å²) < 4.78 is 1.16. The Labute approximate surface area is 107 Å². The van der Waals surface area contributed by atoms with Crippen LogP contribution in [0.2, 0.25) is 0 Å². The molecular formula is C12H9N3S2. The van der Waals surface area contributed by atoms with Crippen LogP contribution in [0.25, 0.3) is 10.2 Å². The maximum atomic E-state index is 4.33. The Balaban J connectivity index is 1.84. The van der Waals surface area contributed by atoms with Gasteiger partial charge < -0.3 is 0 Å². The quantitative estimate of drug-likeness (QED) is 0.534. The monoisotopic (exact) mass is 259 g/mol. The molecule has 0 radical (unpaired) electrons. The summed E-state index contributed by atoms with van der Waals surface area (Å²) in [7, 11) is 0. The zero-order chi connectivity index (χ0) is 11.5. The maximum absolute atomic E-state index is 4.33. The molecule has 0 aliphatic heterocycles. The summed E-state index contributed by atoms with van der Waals surface area (Å²) in [5.74, 6) is 0.838. The van der Waals surface area contributed by atoms with E-state index in [9.17, 15) is 0 Å². The van der Waals surface area contributed by atoms with Crippen LogP contribution < -0.4 is 0 Å². The standard InChI is InChI=1S/C12H9N3S2/c1-2-5-13-9(3-1)7-17-12-11-10(4-6-16-11)14-8-15-12/h1-6,8H,7H2. The molecule has 0 saturated carbocycles. The van der Waals surface area contributed by atoms with Crippen molar-refractivity contribution in [3.8, 4) is 0 Å². The van der Waals surface area contributed by atoms with Gasteiger partial charge in [-0.25, -0.2) is 9.97 Å². The van der Waals surface area contributed by atoms with Crippen molar-refractivity contribution in [3.05, 3.63) is 47.9 Å². The molecule has 0 spiro atoms. The summed E-state index contributed by atoms with van der Waals surface area (Å²) in [4.78, 5) is 12.9. The molecule has 0 aliphatic carbocycles.